The smallest absolute Gasteiger partial charge is 0.336 e. The molecule has 0 aliphatic carbocycles. The average molecular weight is 391 g/mol. The van der Waals surface area contributed by atoms with Crippen LogP contribution in [0.4, 0.5) is 0 Å². The number of piperidine rings is 1. The lowest BCUT2D eigenvalue weighted by atomic mass is 9.93. The Morgan fingerprint density at radius 1 is 1.28 bits per heavy atom. The van der Waals surface area contributed by atoms with Crippen molar-refractivity contribution in [3.8, 4) is 11.5 Å². The molecule has 7 nitrogen and oxygen atoms in total. The number of aryl methyl sites for hydroxylation is 1. The maximum Gasteiger partial charge on any atom is 0.336 e. The summed E-state index contributed by atoms with van der Waals surface area (Å²) in [7, 11) is 0. The minimum Gasteiger partial charge on any atom is -0.478 e. The Hall–Kier alpha value is -3.06. The second-order valence-electron chi connectivity index (χ2n) is 7.72. The lowest BCUT2D eigenvalue weighted by Crippen LogP contribution is -2.36. The van der Waals surface area contributed by atoms with Crippen LogP contribution in [0.1, 0.15) is 40.2 Å². The number of carbonyl (C=O) groups is 1. The first-order valence-electron chi connectivity index (χ1n) is 9.95. The van der Waals surface area contributed by atoms with Gasteiger partial charge in [0.1, 0.15) is 5.69 Å². The monoisotopic (exact) mass is 391 g/mol. The number of nitrogens with one attached hydrogen (secondary N) is 1. The molecule has 1 atom stereocenters. The average Bonchev–Trinajstić information content (AvgIpc) is 3.15. The van der Waals surface area contributed by atoms with Crippen molar-refractivity contribution in [1.29, 1.82) is 0 Å². The molecule has 0 saturated carbocycles. The fourth-order valence-corrected chi connectivity index (χ4v) is 4.03. The van der Waals surface area contributed by atoms with Crippen molar-refractivity contribution in [2.75, 3.05) is 13.1 Å². The molecule has 3 heterocycles. The number of imidazole rings is 1. The van der Waals surface area contributed by atoms with Gasteiger partial charge in [-0.15, -0.1) is 0 Å². The van der Waals surface area contributed by atoms with E-state index >= 15 is 0 Å². The fourth-order valence-electron chi connectivity index (χ4n) is 4.03. The zero-order valence-corrected chi connectivity index (χ0v) is 16.5. The predicted octanol–water partition coefficient (Wildman–Crippen LogP) is 3.33. The molecule has 1 saturated heterocycles. The van der Waals surface area contributed by atoms with Crippen LogP contribution < -0.4 is 0 Å². The summed E-state index contributed by atoms with van der Waals surface area (Å²) in [6, 6.07) is 7.27. The van der Waals surface area contributed by atoms with Crippen molar-refractivity contribution < 1.29 is 9.90 Å². The molecule has 1 aromatic carbocycles. The molecule has 1 fully saturated rings. The number of nitrogens with zero attached hydrogens (tertiary/aromatic N) is 4. The van der Waals surface area contributed by atoms with Crippen molar-refractivity contribution in [2.24, 2.45) is 5.92 Å². The van der Waals surface area contributed by atoms with Gasteiger partial charge in [-0.25, -0.2) is 14.8 Å². The molecule has 1 aliphatic rings. The van der Waals surface area contributed by atoms with Crippen molar-refractivity contribution in [1.82, 2.24) is 24.8 Å². The number of aromatic carboxylic acids is 1. The Morgan fingerprint density at radius 3 is 2.93 bits per heavy atom. The zero-order valence-electron chi connectivity index (χ0n) is 16.5. The van der Waals surface area contributed by atoms with Gasteiger partial charge in [-0.1, -0.05) is 18.2 Å². The predicted molar refractivity (Wildman–Crippen MR) is 109 cm³/mol. The molecule has 3 aromatic rings. The maximum absolute atomic E-state index is 11.5. The minimum absolute atomic E-state index is 0.391. The third kappa shape index (κ3) is 4.68. The topological polar surface area (TPSA) is 95.0 Å². The van der Waals surface area contributed by atoms with Gasteiger partial charge in [-0.3, -0.25) is 9.88 Å². The van der Waals surface area contributed by atoms with Crippen LogP contribution in [0.5, 0.6) is 0 Å². The molecule has 7 heteroatoms. The molecule has 2 N–H and O–H groups in total. The molecular weight excluding hydrogens is 366 g/mol. The van der Waals surface area contributed by atoms with Gasteiger partial charge in [0.25, 0.3) is 0 Å². The van der Waals surface area contributed by atoms with E-state index in [0.29, 0.717) is 18.0 Å². The van der Waals surface area contributed by atoms with E-state index in [1.807, 2.05) is 25.3 Å². The molecular formula is C22H25N5O2. The maximum atomic E-state index is 11.5. The number of likely N-dealkylation sites (tertiary alicyclic amines) is 1. The number of benzene rings is 1. The van der Waals surface area contributed by atoms with Crippen LogP contribution in [0.15, 0.2) is 42.9 Å². The van der Waals surface area contributed by atoms with Crippen LogP contribution >= 0.6 is 0 Å². The van der Waals surface area contributed by atoms with Crippen molar-refractivity contribution in [3.05, 3.63) is 65.4 Å². The fraction of sp³-hybridized carbons (Fsp3) is 0.364. The molecule has 0 radical (unpaired) electrons. The van der Waals surface area contributed by atoms with Gasteiger partial charge in [0.15, 0.2) is 5.82 Å². The lowest BCUT2D eigenvalue weighted by Gasteiger charge is -2.33. The number of aromatic amines is 1. The number of carboxylic acid groups (broad SMARTS) is 1. The van der Waals surface area contributed by atoms with Gasteiger partial charge >= 0.3 is 5.97 Å². The Bertz CT molecular complexity index is 1000. The van der Waals surface area contributed by atoms with Crippen molar-refractivity contribution in [3.63, 3.8) is 0 Å². The summed E-state index contributed by atoms with van der Waals surface area (Å²) in [5.41, 5.74) is 3.99. The van der Waals surface area contributed by atoms with Gasteiger partial charge in [0.2, 0.25) is 0 Å². The number of hydrogen-bond donors (Lipinski definition) is 2. The summed E-state index contributed by atoms with van der Waals surface area (Å²) < 4.78 is 0. The van der Waals surface area contributed by atoms with Crippen LogP contribution in [0, 0.1) is 12.8 Å². The summed E-state index contributed by atoms with van der Waals surface area (Å²) in [4.78, 5) is 30.5. The second kappa shape index (κ2) is 8.53. The van der Waals surface area contributed by atoms with E-state index in [9.17, 15) is 9.90 Å². The van der Waals surface area contributed by atoms with E-state index in [1.54, 1.807) is 24.5 Å². The molecule has 0 amide bonds. The summed E-state index contributed by atoms with van der Waals surface area (Å²) in [5, 5.41) is 9.42. The van der Waals surface area contributed by atoms with Crippen LogP contribution in [0.3, 0.4) is 0 Å². The van der Waals surface area contributed by atoms with Gasteiger partial charge in [0, 0.05) is 31.2 Å². The molecule has 4 rings (SSSR count). The molecule has 1 aliphatic heterocycles. The standard InChI is InChI=1S/C22H25N5O2/c1-15-10-24-21(25-15)20-12-23-11-18(26-20)9-16-5-4-8-27(13-16)14-17-6-2-3-7-19(17)22(28)29/h2-3,6-7,10-12,16H,4-5,8-9,13-14H2,1H3,(H,24,25)(H,28,29)/t16-/m0/s1. The number of H-pyrrole nitrogens is 1. The highest BCUT2D eigenvalue weighted by Crippen LogP contribution is 2.23. The Labute approximate surface area is 169 Å². The van der Waals surface area contributed by atoms with Gasteiger partial charge in [-0.2, -0.15) is 0 Å². The number of rotatable bonds is 6. The highest BCUT2D eigenvalue weighted by molar-refractivity contribution is 5.89. The summed E-state index contributed by atoms with van der Waals surface area (Å²) in [6.07, 6.45) is 8.46. The third-order valence-corrected chi connectivity index (χ3v) is 5.37. The van der Waals surface area contributed by atoms with E-state index < -0.39 is 5.97 Å². The number of aromatic nitrogens is 4. The number of hydrogen-bond acceptors (Lipinski definition) is 5. The Kier molecular flexibility index (Phi) is 5.67. The van der Waals surface area contributed by atoms with E-state index in [0.717, 1.165) is 60.8 Å². The van der Waals surface area contributed by atoms with Crippen molar-refractivity contribution in [2.45, 2.75) is 32.7 Å². The van der Waals surface area contributed by atoms with Gasteiger partial charge in [-0.05, 0) is 50.3 Å². The molecule has 150 valence electrons. The quantitative estimate of drug-likeness (QED) is 0.669. The first kappa shape index (κ1) is 19.3. The van der Waals surface area contributed by atoms with Crippen LogP contribution in [-0.4, -0.2) is 49.0 Å². The molecule has 0 unspecified atom stereocenters. The largest absolute Gasteiger partial charge is 0.478 e. The van der Waals surface area contributed by atoms with Crippen LogP contribution in [0.25, 0.3) is 11.5 Å². The SMILES string of the molecule is Cc1cnc(-c2cncc(C[C@@H]3CCCN(Cc4ccccc4C(=O)O)C3)n2)[nH]1. The van der Waals surface area contributed by atoms with E-state index in [2.05, 4.69) is 19.9 Å². The van der Waals surface area contributed by atoms with E-state index in [4.69, 9.17) is 4.98 Å². The van der Waals surface area contributed by atoms with Crippen LogP contribution in [-0.2, 0) is 13.0 Å². The molecule has 29 heavy (non-hydrogen) atoms. The summed E-state index contributed by atoms with van der Waals surface area (Å²) >= 11 is 0. The molecule has 0 spiro atoms. The van der Waals surface area contributed by atoms with Gasteiger partial charge in [0.05, 0.1) is 17.5 Å². The highest BCUT2D eigenvalue weighted by atomic mass is 16.4. The number of carboxylic acids is 1. The Morgan fingerprint density at radius 2 is 2.14 bits per heavy atom. The first-order chi connectivity index (χ1) is 14.1. The first-order valence-corrected chi connectivity index (χ1v) is 9.95. The van der Waals surface area contributed by atoms with E-state index in [-0.39, 0.29) is 0 Å². The highest BCUT2D eigenvalue weighted by Gasteiger charge is 2.22. The zero-order chi connectivity index (χ0) is 20.2. The molecule has 0 bridgehead atoms. The molecule has 2 aromatic heterocycles. The Balaban J connectivity index is 1.43. The third-order valence-electron chi connectivity index (χ3n) is 5.37. The normalized spacial score (nSPS) is 17.3. The van der Waals surface area contributed by atoms with Crippen LogP contribution in [0.2, 0.25) is 0 Å². The minimum atomic E-state index is -0.866. The second-order valence-corrected chi connectivity index (χ2v) is 7.72. The van der Waals surface area contributed by atoms with Crippen molar-refractivity contribution >= 4 is 5.97 Å². The summed E-state index contributed by atoms with van der Waals surface area (Å²) in [6.45, 7) is 4.55. The van der Waals surface area contributed by atoms with E-state index in [1.165, 1.54) is 0 Å². The summed E-state index contributed by atoms with van der Waals surface area (Å²) in [5.74, 6) is 0.352. The van der Waals surface area contributed by atoms with Gasteiger partial charge < -0.3 is 10.1 Å². The lowest BCUT2D eigenvalue weighted by molar-refractivity contribution is 0.0693.